The Bertz CT molecular complexity index is 356. The van der Waals surface area contributed by atoms with Gasteiger partial charge in [-0.05, 0) is 17.5 Å². The van der Waals surface area contributed by atoms with E-state index in [4.69, 9.17) is 4.74 Å². The number of unbranched alkanes of at least 4 members (excludes halogenated alkanes) is 1. The second-order valence-electron chi connectivity index (χ2n) is 3.65. The van der Waals surface area contributed by atoms with E-state index >= 15 is 0 Å². The Kier molecular flexibility index (Phi) is 5.34. The maximum absolute atomic E-state index is 11.5. The van der Waals surface area contributed by atoms with Crippen molar-refractivity contribution < 1.29 is 9.53 Å². The number of esters is 1. The zero-order valence-electron chi connectivity index (χ0n) is 9.74. The number of ether oxygens (including phenoxy) is 1. The molecule has 0 aromatic heterocycles. The first kappa shape index (κ1) is 12.5. The molecule has 0 heterocycles. The van der Waals surface area contributed by atoms with Gasteiger partial charge < -0.3 is 4.74 Å². The highest BCUT2D eigenvalue weighted by Gasteiger charge is 2.06. The normalized spacial score (nSPS) is 9.81. The molecule has 0 N–H and O–H groups in total. The standard InChI is InChI=1S/C14H18O2/c1-3-5-10-16-14(15)11-13-9-7-6-8-12(13)4-2/h4,6-9H,2-3,5,10-11H2,1H3. The van der Waals surface area contributed by atoms with E-state index in [0.29, 0.717) is 13.0 Å². The average Bonchev–Trinajstić information content (AvgIpc) is 2.30. The number of carbonyl (C=O) groups excluding carboxylic acids is 1. The lowest BCUT2D eigenvalue weighted by molar-refractivity contribution is -0.142. The molecule has 0 fully saturated rings. The van der Waals surface area contributed by atoms with Crippen LogP contribution in [-0.4, -0.2) is 12.6 Å². The lowest BCUT2D eigenvalue weighted by Crippen LogP contribution is -2.09. The lowest BCUT2D eigenvalue weighted by atomic mass is 10.1. The Balaban J connectivity index is 2.52. The van der Waals surface area contributed by atoms with Crippen molar-refractivity contribution >= 4 is 12.0 Å². The summed E-state index contributed by atoms with van der Waals surface area (Å²) >= 11 is 0. The Labute approximate surface area is 96.9 Å². The van der Waals surface area contributed by atoms with E-state index in [1.807, 2.05) is 24.3 Å². The van der Waals surface area contributed by atoms with Crippen LogP contribution in [0.15, 0.2) is 30.8 Å². The molecule has 0 atom stereocenters. The predicted molar refractivity (Wildman–Crippen MR) is 66.1 cm³/mol. The summed E-state index contributed by atoms with van der Waals surface area (Å²) in [6.07, 6.45) is 4.05. The third kappa shape index (κ3) is 3.89. The van der Waals surface area contributed by atoms with E-state index in [0.717, 1.165) is 24.0 Å². The van der Waals surface area contributed by atoms with Gasteiger partial charge in [0, 0.05) is 0 Å². The topological polar surface area (TPSA) is 26.3 Å². The van der Waals surface area contributed by atoms with Crippen molar-refractivity contribution in [1.82, 2.24) is 0 Å². The number of hydrogen-bond acceptors (Lipinski definition) is 2. The molecule has 0 unspecified atom stereocenters. The summed E-state index contributed by atoms with van der Waals surface area (Å²) in [5, 5.41) is 0. The Morgan fingerprint density at radius 2 is 2.19 bits per heavy atom. The van der Waals surface area contributed by atoms with Crippen LogP contribution >= 0.6 is 0 Å². The molecule has 0 saturated carbocycles. The van der Waals surface area contributed by atoms with Crippen LogP contribution in [0.3, 0.4) is 0 Å². The molecule has 0 saturated heterocycles. The van der Waals surface area contributed by atoms with Gasteiger partial charge in [-0.3, -0.25) is 4.79 Å². The highest BCUT2D eigenvalue weighted by molar-refractivity contribution is 5.74. The van der Waals surface area contributed by atoms with Gasteiger partial charge in [-0.2, -0.15) is 0 Å². The molecule has 0 aliphatic rings. The van der Waals surface area contributed by atoms with E-state index in [9.17, 15) is 4.79 Å². The second kappa shape index (κ2) is 6.83. The Hall–Kier alpha value is -1.57. The van der Waals surface area contributed by atoms with Crippen molar-refractivity contribution in [2.75, 3.05) is 6.61 Å². The molecule has 86 valence electrons. The van der Waals surface area contributed by atoms with Crippen molar-refractivity contribution in [3.8, 4) is 0 Å². The maximum atomic E-state index is 11.5. The van der Waals surface area contributed by atoms with E-state index in [-0.39, 0.29) is 5.97 Å². The summed E-state index contributed by atoms with van der Waals surface area (Å²) in [5.74, 6) is -0.164. The minimum absolute atomic E-state index is 0.164. The fourth-order valence-electron chi connectivity index (χ4n) is 1.43. The summed E-state index contributed by atoms with van der Waals surface area (Å²) < 4.78 is 5.11. The monoisotopic (exact) mass is 218 g/mol. The van der Waals surface area contributed by atoms with Gasteiger partial charge in [-0.25, -0.2) is 0 Å². The van der Waals surface area contributed by atoms with Gasteiger partial charge in [0.25, 0.3) is 0 Å². The molecule has 2 heteroatoms. The predicted octanol–water partition coefficient (Wildman–Crippen LogP) is 3.22. The smallest absolute Gasteiger partial charge is 0.310 e. The van der Waals surface area contributed by atoms with Gasteiger partial charge in [-0.15, -0.1) is 0 Å². The Morgan fingerprint density at radius 3 is 2.88 bits per heavy atom. The highest BCUT2D eigenvalue weighted by Crippen LogP contribution is 2.11. The van der Waals surface area contributed by atoms with Crippen LogP contribution in [-0.2, 0) is 16.0 Å². The van der Waals surface area contributed by atoms with Crippen LogP contribution < -0.4 is 0 Å². The summed E-state index contributed by atoms with van der Waals surface area (Å²) in [6.45, 7) is 6.31. The molecule has 0 aliphatic heterocycles. The zero-order valence-corrected chi connectivity index (χ0v) is 9.74. The second-order valence-corrected chi connectivity index (χ2v) is 3.65. The SMILES string of the molecule is C=Cc1ccccc1CC(=O)OCCCC. The summed E-state index contributed by atoms with van der Waals surface area (Å²) in [7, 11) is 0. The fraction of sp³-hybridized carbons (Fsp3) is 0.357. The molecular formula is C14H18O2. The molecule has 2 nitrogen and oxygen atoms in total. The first-order chi connectivity index (χ1) is 7.77. The van der Waals surface area contributed by atoms with Crippen molar-refractivity contribution in [3.63, 3.8) is 0 Å². The quantitative estimate of drug-likeness (QED) is 0.541. The molecule has 0 spiro atoms. The molecular weight excluding hydrogens is 200 g/mol. The summed E-state index contributed by atoms with van der Waals surface area (Å²) in [4.78, 5) is 11.5. The molecule has 16 heavy (non-hydrogen) atoms. The molecule has 0 radical (unpaired) electrons. The van der Waals surface area contributed by atoms with Gasteiger partial charge in [-0.1, -0.05) is 50.3 Å². The molecule has 0 aliphatic carbocycles. The van der Waals surface area contributed by atoms with Crippen molar-refractivity contribution in [2.24, 2.45) is 0 Å². The third-order valence-electron chi connectivity index (χ3n) is 2.37. The largest absolute Gasteiger partial charge is 0.465 e. The first-order valence-electron chi connectivity index (χ1n) is 5.64. The van der Waals surface area contributed by atoms with Crippen LogP contribution in [0.1, 0.15) is 30.9 Å². The fourth-order valence-corrected chi connectivity index (χ4v) is 1.43. The average molecular weight is 218 g/mol. The number of rotatable bonds is 6. The van der Waals surface area contributed by atoms with Gasteiger partial charge in [0.1, 0.15) is 0 Å². The molecule has 0 bridgehead atoms. The van der Waals surface area contributed by atoms with Gasteiger partial charge in [0.15, 0.2) is 0 Å². The van der Waals surface area contributed by atoms with E-state index in [1.165, 1.54) is 0 Å². The first-order valence-corrected chi connectivity index (χ1v) is 5.64. The van der Waals surface area contributed by atoms with Gasteiger partial charge in [0.2, 0.25) is 0 Å². The number of benzene rings is 1. The molecule has 0 amide bonds. The van der Waals surface area contributed by atoms with Crippen LogP contribution in [0.5, 0.6) is 0 Å². The number of carbonyl (C=O) groups is 1. The lowest BCUT2D eigenvalue weighted by Gasteiger charge is -2.06. The van der Waals surface area contributed by atoms with Crippen LogP contribution in [0.2, 0.25) is 0 Å². The maximum Gasteiger partial charge on any atom is 0.310 e. The third-order valence-corrected chi connectivity index (χ3v) is 2.37. The molecule has 1 aromatic rings. The van der Waals surface area contributed by atoms with Crippen molar-refractivity contribution in [3.05, 3.63) is 42.0 Å². The van der Waals surface area contributed by atoms with Gasteiger partial charge >= 0.3 is 5.97 Å². The van der Waals surface area contributed by atoms with Gasteiger partial charge in [0.05, 0.1) is 13.0 Å². The highest BCUT2D eigenvalue weighted by atomic mass is 16.5. The minimum Gasteiger partial charge on any atom is -0.465 e. The molecule has 1 rings (SSSR count). The summed E-state index contributed by atoms with van der Waals surface area (Å²) in [5.41, 5.74) is 1.97. The van der Waals surface area contributed by atoms with Crippen LogP contribution in [0.4, 0.5) is 0 Å². The zero-order chi connectivity index (χ0) is 11.8. The number of hydrogen-bond donors (Lipinski definition) is 0. The van der Waals surface area contributed by atoms with Crippen LogP contribution in [0, 0.1) is 0 Å². The Morgan fingerprint density at radius 1 is 1.44 bits per heavy atom. The van der Waals surface area contributed by atoms with Crippen LogP contribution in [0.25, 0.3) is 6.08 Å². The van der Waals surface area contributed by atoms with Crippen molar-refractivity contribution in [1.29, 1.82) is 0 Å². The minimum atomic E-state index is -0.164. The summed E-state index contributed by atoms with van der Waals surface area (Å²) in [6, 6.07) is 7.73. The molecule has 1 aromatic carbocycles. The van der Waals surface area contributed by atoms with E-state index in [2.05, 4.69) is 13.5 Å². The van der Waals surface area contributed by atoms with E-state index < -0.39 is 0 Å². The van der Waals surface area contributed by atoms with E-state index in [1.54, 1.807) is 6.08 Å². The van der Waals surface area contributed by atoms with Crippen molar-refractivity contribution in [2.45, 2.75) is 26.2 Å².